The molecule has 0 aliphatic carbocycles. The van der Waals surface area contributed by atoms with Gasteiger partial charge >= 0.3 is 0 Å². The number of nitrogens with one attached hydrogen (secondary N) is 1. The largest absolute Gasteiger partial charge is 0.496 e. The smallest absolute Gasteiger partial charge is 0.262 e. The van der Waals surface area contributed by atoms with E-state index >= 15 is 0 Å². The molecule has 0 aromatic heterocycles. The molecule has 31 heavy (non-hydrogen) atoms. The summed E-state index contributed by atoms with van der Waals surface area (Å²) in [5.41, 5.74) is 1.36. The van der Waals surface area contributed by atoms with Gasteiger partial charge in [-0.05, 0) is 55.3 Å². The third-order valence-corrected chi connectivity index (χ3v) is 8.65. The van der Waals surface area contributed by atoms with Gasteiger partial charge in [-0.1, -0.05) is 0 Å². The summed E-state index contributed by atoms with van der Waals surface area (Å²) in [6, 6.07) is 7.20. The molecule has 2 aromatic carbocycles. The molecule has 0 amide bonds. The van der Waals surface area contributed by atoms with Gasteiger partial charge in [0, 0.05) is 13.1 Å². The number of rotatable bonds is 7. The molecular formula is C20H26N2O7S2. The van der Waals surface area contributed by atoms with E-state index in [-0.39, 0.29) is 34.3 Å². The lowest BCUT2D eigenvalue weighted by molar-refractivity contribution is 0.0729. The van der Waals surface area contributed by atoms with Crippen molar-refractivity contribution in [2.45, 2.75) is 23.6 Å². The van der Waals surface area contributed by atoms with Crippen LogP contribution in [-0.4, -0.2) is 61.7 Å². The zero-order chi connectivity index (χ0) is 22.8. The molecule has 9 nitrogen and oxygen atoms in total. The highest BCUT2D eigenvalue weighted by molar-refractivity contribution is 7.92. The summed E-state index contributed by atoms with van der Waals surface area (Å²) in [6.45, 7) is 4.48. The van der Waals surface area contributed by atoms with Crippen LogP contribution in [0.5, 0.6) is 11.5 Å². The molecule has 1 heterocycles. The van der Waals surface area contributed by atoms with Crippen molar-refractivity contribution >= 4 is 25.7 Å². The molecule has 11 heteroatoms. The minimum Gasteiger partial charge on any atom is -0.496 e. The van der Waals surface area contributed by atoms with Gasteiger partial charge in [-0.2, -0.15) is 4.31 Å². The Balaban J connectivity index is 1.99. The number of methoxy groups -OCH3 is 2. The molecule has 0 atom stereocenters. The minimum absolute atomic E-state index is 0.0826. The zero-order valence-electron chi connectivity index (χ0n) is 17.8. The lowest BCUT2D eigenvalue weighted by atomic mass is 10.1. The summed E-state index contributed by atoms with van der Waals surface area (Å²) in [7, 11) is -4.99. The minimum atomic E-state index is -3.97. The van der Waals surface area contributed by atoms with Crippen molar-refractivity contribution in [1.82, 2.24) is 4.31 Å². The Kier molecular flexibility index (Phi) is 6.79. The van der Waals surface area contributed by atoms with Gasteiger partial charge in [0.1, 0.15) is 16.4 Å². The number of hydrogen-bond acceptors (Lipinski definition) is 7. The average molecular weight is 471 g/mol. The van der Waals surface area contributed by atoms with E-state index in [0.717, 1.165) is 0 Å². The Morgan fingerprint density at radius 2 is 1.48 bits per heavy atom. The number of sulfonamides is 2. The number of anilines is 1. The topological polar surface area (TPSA) is 111 Å². The normalized spacial score (nSPS) is 15.5. The van der Waals surface area contributed by atoms with Crippen molar-refractivity contribution in [2.24, 2.45) is 0 Å². The van der Waals surface area contributed by atoms with E-state index in [1.807, 2.05) is 0 Å². The summed E-state index contributed by atoms with van der Waals surface area (Å²) in [4.78, 5) is -0.0288. The first-order valence-electron chi connectivity index (χ1n) is 9.54. The van der Waals surface area contributed by atoms with Crippen LogP contribution in [0, 0.1) is 13.8 Å². The fourth-order valence-corrected chi connectivity index (χ4v) is 6.30. The van der Waals surface area contributed by atoms with Gasteiger partial charge in [0.2, 0.25) is 10.0 Å². The third-order valence-electron chi connectivity index (χ3n) is 5.20. The quantitative estimate of drug-likeness (QED) is 0.660. The van der Waals surface area contributed by atoms with E-state index in [9.17, 15) is 16.8 Å². The molecule has 1 saturated heterocycles. The predicted molar refractivity (Wildman–Crippen MR) is 116 cm³/mol. The standard InChI is InChI=1S/C20H26N2O7S2/c1-14-15(2)19(8-7-17(14)27-3)30(23,24)21-16-5-6-18(28-4)20(13-16)31(25,26)22-9-11-29-12-10-22/h5-8,13,21H,9-12H2,1-4H3. The van der Waals surface area contributed by atoms with Gasteiger partial charge in [-0.15, -0.1) is 0 Å². The van der Waals surface area contributed by atoms with E-state index in [1.54, 1.807) is 19.9 Å². The highest BCUT2D eigenvalue weighted by Gasteiger charge is 2.30. The van der Waals surface area contributed by atoms with Crippen LogP contribution in [0.25, 0.3) is 0 Å². The number of hydrogen-bond donors (Lipinski definition) is 1. The van der Waals surface area contributed by atoms with Gasteiger partial charge in [-0.25, -0.2) is 16.8 Å². The van der Waals surface area contributed by atoms with Gasteiger partial charge in [0.05, 0.1) is 38.0 Å². The summed E-state index contributed by atoms with van der Waals surface area (Å²) >= 11 is 0. The van der Waals surface area contributed by atoms with Crippen molar-refractivity contribution in [1.29, 1.82) is 0 Å². The van der Waals surface area contributed by atoms with Crippen LogP contribution in [0.3, 0.4) is 0 Å². The molecule has 0 saturated carbocycles. The van der Waals surface area contributed by atoms with Gasteiger partial charge < -0.3 is 14.2 Å². The van der Waals surface area contributed by atoms with Crippen LogP contribution in [-0.2, 0) is 24.8 Å². The van der Waals surface area contributed by atoms with Crippen LogP contribution in [0.15, 0.2) is 40.1 Å². The predicted octanol–water partition coefficient (Wildman–Crippen LogP) is 2.14. The van der Waals surface area contributed by atoms with E-state index in [2.05, 4.69) is 4.72 Å². The molecule has 0 radical (unpaired) electrons. The summed E-state index contributed by atoms with van der Waals surface area (Å²) in [5.74, 6) is 0.714. The van der Waals surface area contributed by atoms with E-state index in [1.165, 1.54) is 42.8 Å². The Morgan fingerprint density at radius 3 is 2.10 bits per heavy atom. The van der Waals surface area contributed by atoms with Gasteiger partial charge in [0.25, 0.3) is 10.0 Å². The van der Waals surface area contributed by atoms with Crippen molar-refractivity contribution in [3.05, 3.63) is 41.5 Å². The number of ether oxygens (including phenoxy) is 3. The van der Waals surface area contributed by atoms with Crippen molar-refractivity contribution in [2.75, 3.05) is 45.2 Å². The van der Waals surface area contributed by atoms with E-state index in [0.29, 0.717) is 30.1 Å². The first-order chi connectivity index (χ1) is 14.6. The highest BCUT2D eigenvalue weighted by atomic mass is 32.2. The second-order valence-electron chi connectivity index (χ2n) is 7.00. The molecule has 3 rings (SSSR count). The molecule has 1 N–H and O–H groups in total. The first-order valence-corrected chi connectivity index (χ1v) is 12.5. The number of benzene rings is 2. The first kappa shape index (κ1) is 23.3. The van der Waals surface area contributed by atoms with Crippen LogP contribution < -0.4 is 14.2 Å². The highest BCUT2D eigenvalue weighted by Crippen LogP contribution is 2.32. The molecule has 0 bridgehead atoms. The lowest BCUT2D eigenvalue weighted by Crippen LogP contribution is -2.40. The van der Waals surface area contributed by atoms with E-state index in [4.69, 9.17) is 14.2 Å². The Morgan fingerprint density at radius 1 is 0.871 bits per heavy atom. The van der Waals surface area contributed by atoms with Crippen molar-refractivity contribution < 1.29 is 31.0 Å². The molecule has 0 unspecified atom stereocenters. The maximum absolute atomic E-state index is 13.1. The third kappa shape index (κ3) is 4.64. The molecular weight excluding hydrogens is 444 g/mol. The van der Waals surface area contributed by atoms with Crippen LogP contribution in [0.1, 0.15) is 11.1 Å². The molecule has 1 aliphatic heterocycles. The van der Waals surface area contributed by atoms with E-state index < -0.39 is 20.0 Å². The lowest BCUT2D eigenvalue weighted by Gasteiger charge is -2.27. The summed E-state index contributed by atoms with van der Waals surface area (Å²) in [5, 5.41) is 0. The number of morpholine rings is 1. The molecule has 1 fully saturated rings. The zero-order valence-corrected chi connectivity index (χ0v) is 19.5. The Hall–Kier alpha value is -2.34. The van der Waals surface area contributed by atoms with Gasteiger partial charge in [-0.3, -0.25) is 4.72 Å². The van der Waals surface area contributed by atoms with Crippen LogP contribution in [0.2, 0.25) is 0 Å². The Bertz CT molecular complexity index is 1170. The summed E-state index contributed by atoms with van der Waals surface area (Å²) < 4.78 is 71.8. The van der Waals surface area contributed by atoms with Crippen LogP contribution >= 0.6 is 0 Å². The van der Waals surface area contributed by atoms with Crippen LogP contribution in [0.4, 0.5) is 5.69 Å². The van der Waals surface area contributed by atoms with Crippen molar-refractivity contribution in [3.8, 4) is 11.5 Å². The van der Waals surface area contributed by atoms with Gasteiger partial charge in [0.15, 0.2) is 0 Å². The maximum atomic E-state index is 13.1. The molecule has 0 spiro atoms. The molecule has 170 valence electrons. The second kappa shape index (κ2) is 9.03. The SMILES string of the molecule is COc1ccc(NS(=O)(=O)c2ccc(OC)c(C)c2C)cc1S(=O)(=O)N1CCOCC1. The summed E-state index contributed by atoms with van der Waals surface area (Å²) in [6.07, 6.45) is 0. The average Bonchev–Trinajstić information content (AvgIpc) is 2.75. The van der Waals surface area contributed by atoms with Crippen molar-refractivity contribution in [3.63, 3.8) is 0 Å². The fraction of sp³-hybridized carbons (Fsp3) is 0.400. The monoisotopic (exact) mass is 470 g/mol. The second-order valence-corrected chi connectivity index (χ2v) is 10.6. The Labute approximate surface area is 183 Å². The fourth-order valence-electron chi connectivity index (χ4n) is 3.36. The molecule has 1 aliphatic rings. The maximum Gasteiger partial charge on any atom is 0.262 e. The molecule has 2 aromatic rings. The number of nitrogens with zero attached hydrogens (tertiary/aromatic N) is 1.